The van der Waals surface area contributed by atoms with Crippen LogP contribution in [0.5, 0.6) is 0 Å². The van der Waals surface area contributed by atoms with Crippen molar-refractivity contribution in [2.75, 3.05) is 7.11 Å². The summed E-state index contributed by atoms with van der Waals surface area (Å²) in [6, 6.07) is 1.38. The van der Waals surface area contributed by atoms with E-state index in [0.717, 1.165) is 11.0 Å². The van der Waals surface area contributed by atoms with Crippen molar-refractivity contribution < 1.29 is 9.53 Å². The van der Waals surface area contributed by atoms with Gasteiger partial charge in [-0.15, -0.1) is 11.6 Å². The van der Waals surface area contributed by atoms with Gasteiger partial charge in [0.2, 0.25) is 0 Å². The van der Waals surface area contributed by atoms with Crippen LogP contribution in [0.3, 0.4) is 0 Å². The van der Waals surface area contributed by atoms with Crippen molar-refractivity contribution in [3.63, 3.8) is 0 Å². The first kappa shape index (κ1) is 14.8. The maximum absolute atomic E-state index is 12.1. The van der Waals surface area contributed by atoms with Gasteiger partial charge in [0.1, 0.15) is 17.4 Å². The van der Waals surface area contributed by atoms with E-state index in [1.54, 1.807) is 12.4 Å². The minimum absolute atomic E-state index is 0.0576. The number of carbonyl (C=O) groups is 1. The number of hydrogen-bond acceptors (Lipinski definition) is 4. The molecule has 0 aromatic carbocycles. The number of rotatable bonds is 4. The van der Waals surface area contributed by atoms with E-state index in [0.29, 0.717) is 5.82 Å². The molecular weight excluding hydrogens is 278 g/mol. The van der Waals surface area contributed by atoms with Crippen molar-refractivity contribution in [3.8, 4) is 0 Å². The van der Waals surface area contributed by atoms with Crippen LogP contribution in [-0.4, -0.2) is 27.6 Å². The van der Waals surface area contributed by atoms with E-state index in [2.05, 4.69) is 9.97 Å². The summed E-state index contributed by atoms with van der Waals surface area (Å²) in [4.78, 5) is 20.7. The van der Waals surface area contributed by atoms with Gasteiger partial charge in [0, 0.05) is 6.20 Å². The van der Waals surface area contributed by atoms with Crippen molar-refractivity contribution >= 4 is 28.6 Å². The fraction of sp³-hybridized carbons (Fsp3) is 0.500. The Morgan fingerprint density at radius 3 is 2.65 bits per heavy atom. The van der Waals surface area contributed by atoms with Gasteiger partial charge in [-0.3, -0.25) is 4.98 Å². The molecule has 2 atom stereocenters. The highest BCUT2D eigenvalue weighted by Gasteiger charge is 2.30. The summed E-state index contributed by atoms with van der Waals surface area (Å²) in [5.41, 5.74) is 1.57. The maximum Gasteiger partial charge on any atom is 0.329 e. The summed E-state index contributed by atoms with van der Waals surface area (Å²) in [6.45, 7) is 5.77. The number of halogens is 1. The minimum Gasteiger partial charge on any atom is -0.467 e. The van der Waals surface area contributed by atoms with Gasteiger partial charge in [-0.1, -0.05) is 13.8 Å². The molecule has 0 aliphatic rings. The van der Waals surface area contributed by atoms with Crippen molar-refractivity contribution in [3.05, 3.63) is 24.3 Å². The van der Waals surface area contributed by atoms with Gasteiger partial charge in [0.25, 0.3) is 0 Å². The van der Waals surface area contributed by atoms with E-state index in [1.165, 1.54) is 7.11 Å². The third-order valence-corrected chi connectivity index (χ3v) is 3.42. The number of hydrogen-bond donors (Lipinski definition) is 0. The zero-order valence-corrected chi connectivity index (χ0v) is 12.8. The van der Waals surface area contributed by atoms with Gasteiger partial charge in [-0.2, -0.15) is 0 Å². The van der Waals surface area contributed by atoms with Crippen molar-refractivity contribution in [2.45, 2.75) is 32.2 Å². The van der Waals surface area contributed by atoms with Gasteiger partial charge in [-0.25, -0.2) is 9.78 Å². The number of ether oxygens (including phenoxy) is 1. The second-order valence-corrected chi connectivity index (χ2v) is 5.69. The molecule has 0 fully saturated rings. The topological polar surface area (TPSA) is 57.0 Å². The summed E-state index contributed by atoms with van der Waals surface area (Å²) < 4.78 is 6.80. The van der Waals surface area contributed by atoms with Crippen LogP contribution in [0.15, 0.2) is 18.5 Å². The van der Waals surface area contributed by atoms with Crippen LogP contribution in [0, 0.1) is 5.92 Å². The molecule has 6 heteroatoms. The van der Waals surface area contributed by atoms with Crippen LogP contribution < -0.4 is 0 Å². The van der Waals surface area contributed by atoms with E-state index >= 15 is 0 Å². The molecule has 0 N–H and O–H groups in total. The lowest BCUT2D eigenvalue weighted by molar-refractivity contribution is -0.146. The molecule has 108 valence electrons. The highest BCUT2D eigenvalue weighted by atomic mass is 35.5. The lowest BCUT2D eigenvalue weighted by Crippen LogP contribution is -2.27. The normalized spacial score (nSPS) is 14.5. The summed E-state index contributed by atoms with van der Waals surface area (Å²) in [7, 11) is 1.39. The average Bonchev–Trinajstić information content (AvgIpc) is 2.78. The molecule has 0 bridgehead atoms. The Labute approximate surface area is 122 Å². The molecule has 0 aliphatic heterocycles. The molecular formula is C14H18ClN3O2. The van der Waals surface area contributed by atoms with Crippen LogP contribution in [0.1, 0.15) is 38.0 Å². The fourth-order valence-electron chi connectivity index (χ4n) is 2.34. The number of carbonyl (C=O) groups excluding carboxylic acids is 1. The van der Waals surface area contributed by atoms with Crippen LogP contribution >= 0.6 is 11.6 Å². The molecule has 0 radical (unpaired) electrons. The van der Waals surface area contributed by atoms with Gasteiger partial charge >= 0.3 is 5.97 Å². The van der Waals surface area contributed by atoms with Crippen LogP contribution in [0.2, 0.25) is 0 Å². The first-order valence-electron chi connectivity index (χ1n) is 6.51. The number of pyridine rings is 1. The highest BCUT2D eigenvalue weighted by Crippen LogP contribution is 2.31. The number of esters is 1. The van der Waals surface area contributed by atoms with Crippen LogP contribution in [0.4, 0.5) is 0 Å². The quantitative estimate of drug-likeness (QED) is 0.642. The van der Waals surface area contributed by atoms with Crippen molar-refractivity contribution in [1.29, 1.82) is 0 Å². The molecule has 5 nitrogen and oxygen atoms in total. The molecule has 0 spiro atoms. The summed E-state index contributed by atoms with van der Waals surface area (Å²) in [5.74, 6) is 0.413. The van der Waals surface area contributed by atoms with Crippen molar-refractivity contribution in [1.82, 2.24) is 14.5 Å². The Hall–Kier alpha value is -1.62. The van der Waals surface area contributed by atoms with Crippen LogP contribution in [0.25, 0.3) is 11.0 Å². The predicted molar refractivity (Wildman–Crippen MR) is 77.7 cm³/mol. The summed E-state index contributed by atoms with van der Waals surface area (Å²) in [6.07, 6.45) is 3.35. The van der Waals surface area contributed by atoms with E-state index in [1.807, 2.05) is 31.4 Å². The second kappa shape index (κ2) is 5.79. The predicted octanol–water partition coefficient (Wildman–Crippen LogP) is 3.10. The molecule has 2 unspecified atom stereocenters. The third kappa shape index (κ3) is 2.50. The Kier molecular flexibility index (Phi) is 4.28. The Bertz CT molecular complexity index is 622. The molecule has 0 saturated heterocycles. The summed E-state index contributed by atoms with van der Waals surface area (Å²) >= 11 is 6.22. The lowest BCUT2D eigenvalue weighted by atomic mass is 10.0. The highest BCUT2D eigenvalue weighted by molar-refractivity contribution is 6.20. The number of alkyl halides is 1. The van der Waals surface area contributed by atoms with Gasteiger partial charge in [0.05, 0.1) is 24.2 Å². The van der Waals surface area contributed by atoms with Gasteiger partial charge < -0.3 is 9.30 Å². The van der Waals surface area contributed by atoms with Crippen LogP contribution in [-0.2, 0) is 9.53 Å². The monoisotopic (exact) mass is 295 g/mol. The molecule has 2 rings (SSSR count). The third-order valence-electron chi connectivity index (χ3n) is 3.23. The number of imidazole rings is 1. The van der Waals surface area contributed by atoms with E-state index in [9.17, 15) is 4.79 Å². The summed E-state index contributed by atoms with van der Waals surface area (Å²) in [5, 5.41) is -0.312. The number of fused-ring (bicyclic) bond motifs is 1. The number of methoxy groups -OCH3 is 1. The molecule has 0 amide bonds. The fourth-order valence-corrected chi connectivity index (χ4v) is 2.49. The zero-order chi connectivity index (χ0) is 14.9. The molecule has 0 saturated carbocycles. The smallest absolute Gasteiger partial charge is 0.329 e. The average molecular weight is 296 g/mol. The first-order chi connectivity index (χ1) is 9.47. The Morgan fingerprint density at radius 1 is 1.40 bits per heavy atom. The SMILES string of the molecule is COC(=O)C(C(C)C)n1c(C(C)Cl)nc2cnccc21. The maximum atomic E-state index is 12.1. The van der Waals surface area contributed by atoms with E-state index in [4.69, 9.17) is 16.3 Å². The minimum atomic E-state index is -0.455. The molecule has 2 aromatic rings. The largest absolute Gasteiger partial charge is 0.467 e. The van der Waals surface area contributed by atoms with Crippen molar-refractivity contribution in [2.24, 2.45) is 5.92 Å². The van der Waals surface area contributed by atoms with E-state index in [-0.39, 0.29) is 17.3 Å². The number of aromatic nitrogens is 3. The van der Waals surface area contributed by atoms with E-state index < -0.39 is 6.04 Å². The first-order valence-corrected chi connectivity index (χ1v) is 6.94. The Morgan fingerprint density at radius 2 is 2.10 bits per heavy atom. The lowest BCUT2D eigenvalue weighted by Gasteiger charge is -2.23. The molecule has 2 aromatic heterocycles. The molecule has 20 heavy (non-hydrogen) atoms. The molecule has 2 heterocycles. The second-order valence-electron chi connectivity index (χ2n) is 5.03. The van der Waals surface area contributed by atoms with Gasteiger partial charge in [-0.05, 0) is 18.9 Å². The zero-order valence-electron chi connectivity index (χ0n) is 12.0. The number of nitrogens with zero attached hydrogens (tertiary/aromatic N) is 3. The standard InChI is InChI=1S/C14H18ClN3O2/c1-8(2)12(14(19)20-4)18-11-5-6-16-7-10(11)17-13(18)9(3)15/h5-9,12H,1-4H3. The van der Waals surface area contributed by atoms with Gasteiger partial charge in [0.15, 0.2) is 0 Å². The molecule has 0 aliphatic carbocycles. The Balaban J connectivity index is 2.71.